The molecule has 8 heteroatoms. The lowest BCUT2D eigenvalue weighted by Gasteiger charge is -2.17. The summed E-state index contributed by atoms with van der Waals surface area (Å²) in [5.74, 6) is 0.740. The van der Waals surface area contributed by atoms with Crippen LogP contribution in [0.15, 0.2) is 37.1 Å². The number of unbranched alkanes of at least 4 members (excludes halogenated alkanes) is 1. The molecule has 0 amide bonds. The van der Waals surface area contributed by atoms with Gasteiger partial charge in [0.15, 0.2) is 0 Å². The first-order valence-corrected chi connectivity index (χ1v) is 8.61. The van der Waals surface area contributed by atoms with E-state index < -0.39 is 10.2 Å². The minimum absolute atomic E-state index is 0.218. The quantitative estimate of drug-likeness (QED) is 0.795. The third-order valence-electron chi connectivity index (χ3n) is 3.27. The highest BCUT2D eigenvalue weighted by Gasteiger charge is 2.16. The maximum Gasteiger partial charge on any atom is 0.279 e. The Morgan fingerprint density at radius 1 is 1.36 bits per heavy atom. The molecule has 0 aliphatic rings. The van der Waals surface area contributed by atoms with E-state index in [0.29, 0.717) is 6.54 Å². The fraction of sp³-hybridized carbons (Fsp3) is 0.429. The van der Waals surface area contributed by atoms with Crippen molar-refractivity contribution in [3.63, 3.8) is 0 Å². The Hall–Kier alpha value is -1.77. The molecule has 0 fully saturated rings. The first-order valence-electron chi connectivity index (χ1n) is 7.17. The van der Waals surface area contributed by atoms with E-state index >= 15 is 0 Å². The molecule has 22 heavy (non-hydrogen) atoms. The van der Waals surface area contributed by atoms with Gasteiger partial charge in [-0.05, 0) is 18.1 Å². The van der Waals surface area contributed by atoms with Crippen molar-refractivity contribution in [1.82, 2.24) is 23.6 Å². The predicted molar refractivity (Wildman–Crippen MR) is 84.7 cm³/mol. The summed E-state index contributed by atoms with van der Waals surface area (Å²) in [4.78, 5) is 8.25. The van der Waals surface area contributed by atoms with E-state index in [1.807, 2.05) is 19.1 Å². The van der Waals surface area contributed by atoms with Gasteiger partial charge in [-0.2, -0.15) is 17.4 Å². The van der Waals surface area contributed by atoms with E-state index in [-0.39, 0.29) is 6.54 Å². The molecule has 0 aromatic carbocycles. The second-order valence-corrected chi connectivity index (χ2v) is 6.86. The van der Waals surface area contributed by atoms with Crippen LogP contribution in [0.1, 0.15) is 25.3 Å². The van der Waals surface area contributed by atoms with Crippen molar-refractivity contribution >= 4 is 10.2 Å². The van der Waals surface area contributed by atoms with Crippen LogP contribution in [0.4, 0.5) is 0 Å². The summed E-state index contributed by atoms with van der Waals surface area (Å²) < 4.78 is 29.8. The maximum atomic E-state index is 12.0. The summed E-state index contributed by atoms with van der Waals surface area (Å²) in [5, 5.41) is 0. The zero-order valence-corrected chi connectivity index (χ0v) is 13.6. The molecule has 0 saturated carbocycles. The zero-order chi connectivity index (χ0) is 16.0. The monoisotopic (exact) mass is 323 g/mol. The SMILES string of the molecule is CCCCN(C)S(=O)(=O)NCc1ccc(-n2ccnc2)nc1. The minimum atomic E-state index is -3.44. The molecule has 7 nitrogen and oxygen atoms in total. The number of hydrogen-bond donors (Lipinski definition) is 1. The number of aromatic nitrogens is 3. The van der Waals surface area contributed by atoms with E-state index in [4.69, 9.17) is 0 Å². The van der Waals surface area contributed by atoms with Crippen molar-refractivity contribution in [2.75, 3.05) is 13.6 Å². The first kappa shape index (κ1) is 16.6. The van der Waals surface area contributed by atoms with E-state index in [9.17, 15) is 8.42 Å². The van der Waals surface area contributed by atoms with Gasteiger partial charge in [0.05, 0.1) is 0 Å². The van der Waals surface area contributed by atoms with Gasteiger partial charge in [0.2, 0.25) is 0 Å². The molecule has 0 bridgehead atoms. The smallest absolute Gasteiger partial charge is 0.279 e. The third kappa shape index (κ3) is 4.36. The van der Waals surface area contributed by atoms with Crippen molar-refractivity contribution in [2.24, 2.45) is 0 Å². The summed E-state index contributed by atoms with van der Waals surface area (Å²) in [6, 6.07) is 3.67. The highest BCUT2D eigenvalue weighted by atomic mass is 32.2. The highest BCUT2D eigenvalue weighted by Crippen LogP contribution is 2.06. The largest absolute Gasteiger partial charge is 0.291 e. The molecular weight excluding hydrogens is 302 g/mol. The van der Waals surface area contributed by atoms with Gasteiger partial charge >= 0.3 is 0 Å². The molecule has 1 N–H and O–H groups in total. The average Bonchev–Trinajstić information content (AvgIpc) is 3.05. The third-order valence-corrected chi connectivity index (χ3v) is 4.79. The number of nitrogens with zero attached hydrogens (tertiary/aromatic N) is 4. The number of nitrogens with one attached hydrogen (secondary N) is 1. The number of pyridine rings is 1. The van der Waals surface area contributed by atoms with Crippen LogP contribution in [-0.2, 0) is 16.8 Å². The molecule has 2 rings (SSSR count). The summed E-state index contributed by atoms with van der Waals surface area (Å²) in [6.07, 6.45) is 8.60. The molecule has 0 aliphatic carbocycles. The number of rotatable bonds is 8. The Kier molecular flexibility index (Phi) is 5.64. The molecule has 2 aromatic heterocycles. The predicted octanol–water partition coefficient (Wildman–Crippen LogP) is 1.33. The Labute approximate surface area is 131 Å². The van der Waals surface area contributed by atoms with Gasteiger partial charge < -0.3 is 0 Å². The molecule has 0 spiro atoms. The standard InChI is InChI=1S/C14H21N5O2S/c1-3-4-8-18(2)22(20,21)17-11-13-5-6-14(16-10-13)19-9-7-15-12-19/h5-7,9-10,12,17H,3-4,8,11H2,1-2H3. The average molecular weight is 323 g/mol. The van der Waals surface area contributed by atoms with E-state index in [1.165, 1.54) is 4.31 Å². The first-order chi connectivity index (χ1) is 10.5. The highest BCUT2D eigenvalue weighted by molar-refractivity contribution is 7.87. The summed E-state index contributed by atoms with van der Waals surface area (Å²) in [5.41, 5.74) is 0.802. The summed E-state index contributed by atoms with van der Waals surface area (Å²) in [6.45, 7) is 2.76. The maximum absolute atomic E-state index is 12.0. The molecule has 2 heterocycles. The van der Waals surface area contributed by atoms with Crippen LogP contribution in [0.5, 0.6) is 0 Å². The Morgan fingerprint density at radius 2 is 2.18 bits per heavy atom. The Balaban J connectivity index is 1.94. The lowest BCUT2D eigenvalue weighted by atomic mass is 10.3. The van der Waals surface area contributed by atoms with Crippen LogP contribution < -0.4 is 4.72 Å². The normalized spacial score (nSPS) is 12.0. The lowest BCUT2D eigenvalue weighted by Crippen LogP contribution is -2.38. The molecule has 0 radical (unpaired) electrons. The van der Waals surface area contributed by atoms with Gasteiger partial charge in [-0.3, -0.25) is 4.57 Å². The van der Waals surface area contributed by atoms with E-state index in [2.05, 4.69) is 14.7 Å². The second kappa shape index (κ2) is 7.48. The second-order valence-electron chi connectivity index (χ2n) is 5.00. The van der Waals surface area contributed by atoms with Crippen LogP contribution >= 0.6 is 0 Å². The molecule has 0 saturated heterocycles. The van der Waals surface area contributed by atoms with E-state index in [1.54, 1.807) is 36.5 Å². The van der Waals surface area contributed by atoms with Crippen LogP contribution in [-0.4, -0.2) is 40.9 Å². The summed E-state index contributed by atoms with van der Waals surface area (Å²) >= 11 is 0. The molecular formula is C14H21N5O2S. The van der Waals surface area contributed by atoms with Gasteiger partial charge in [-0.15, -0.1) is 0 Å². The van der Waals surface area contributed by atoms with Gasteiger partial charge in [0.25, 0.3) is 10.2 Å². The van der Waals surface area contributed by atoms with Gasteiger partial charge in [-0.25, -0.2) is 9.97 Å². The van der Waals surface area contributed by atoms with Crippen molar-refractivity contribution < 1.29 is 8.42 Å². The molecule has 2 aromatic rings. The van der Waals surface area contributed by atoms with Crippen LogP contribution in [0.2, 0.25) is 0 Å². The number of imidazole rings is 1. The molecule has 0 atom stereocenters. The van der Waals surface area contributed by atoms with Crippen molar-refractivity contribution in [3.8, 4) is 5.82 Å². The number of hydrogen-bond acceptors (Lipinski definition) is 4. The van der Waals surface area contributed by atoms with Gasteiger partial charge in [0, 0.05) is 38.7 Å². The van der Waals surface area contributed by atoms with Crippen molar-refractivity contribution in [3.05, 3.63) is 42.6 Å². The van der Waals surface area contributed by atoms with E-state index in [0.717, 1.165) is 24.2 Å². The summed E-state index contributed by atoms with van der Waals surface area (Å²) in [7, 11) is -1.86. The van der Waals surface area contributed by atoms with Gasteiger partial charge in [-0.1, -0.05) is 19.4 Å². The zero-order valence-electron chi connectivity index (χ0n) is 12.8. The molecule has 0 aliphatic heterocycles. The topological polar surface area (TPSA) is 80.1 Å². The minimum Gasteiger partial charge on any atom is -0.291 e. The van der Waals surface area contributed by atoms with Gasteiger partial charge in [0.1, 0.15) is 12.1 Å². The Morgan fingerprint density at radius 3 is 2.77 bits per heavy atom. The van der Waals surface area contributed by atoms with Crippen LogP contribution in [0.25, 0.3) is 5.82 Å². The molecule has 120 valence electrons. The Bertz CT molecular complexity index is 668. The van der Waals surface area contributed by atoms with Crippen molar-refractivity contribution in [2.45, 2.75) is 26.3 Å². The fourth-order valence-corrected chi connectivity index (χ4v) is 2.79. The van der Waals surface area contributed by atoms with Crippen LogP contribution in [0.3, 0.4) is 0 Å². The lowest BCUT2D eigenvalue weighted by molar-refractivity contribution is 0.448. The fourth-order valence-electron chi connectivity index (χ4n) is 1.85. The van der Waals surface area contributed by atoms with Crippen molar-refractivity contribution in [1.29, 1.82) is 0 Å². The molecule has 0 unspecified atom stereocenters. The van der Waals surface area contributed by atoms with Crippen LogP contribution in [0, 0.1) is 0 Å².